The zero-order valence-corrected chi connectivity index (χ0v) is 14.6. The van der Waals surface area contributed by atoms with Crippen LogP contribution in [0.5, 0.6) is 0 Å². The van der Waals surface area contributed by atoms with Gasteiger partial charge in [-0.2, -0.15) is 0 Å². The quantitative estimate of drug-likeness (QED) is 0.797. The Morgan fingerprint density at radius 1 is 0.917 bits per heavy atom. The fraction of sp³-hybridized carbons (Fsp3) is 0.474. The number of nitrogens with zero attached hydrogens (tertiary/aromatic N) is 3. The van der Waals surface area contributed by atoms with Gasteiger partial charge in [0.25, 0.3) is 0 Å². The van der Waals surface area contributed by atoms with Crippen LogP contribution in [-0.2, 0) is 0 Å². The summed E-state index contributed by atoms with van der Waals surface area (Å²) in [4.78, 5) is 10.8. The van der Waals surface area contributed by atoms with Gasteiger partial charge in [0.1, 0.15) is 18.0 Å². The van der Waals surface area contributed by atoms with Gasteiger partial charge in [-0.05, 0) is 37.1 Å². The molecule has 2 N–H and O–H groups in total. The summed E-state index contributed by atoms with van der Waals surface area (Å²) in [6.07, 6.45) is 9.43. The van der Waals surface area contributed by atoms with Crippen LogP contribution in [0.25, 0.3) is 0 Å². The molecule has 0 spiro atoms. The van der Waals surface area contributed by atoms with Crippen molar-refractivity contribution in [2.24, 2.45) is 0 Å². The molecule has 0 bridgehead atoms. The van der Waals surface area contributed by atoms with Crippen LogP contribution in [0, 0.1) is 0 Å². The summed E-state index contributed by atoms with van der Waals surface area (Å²) in [6.45, 7) is 0. The zero-order valence-electron chi connectivity index (χ0n) is 14.6. The molecule has 0 atom stereocenters. The van der Waals surface area contributed by atoms with Crippen LogP contribution < -0.4 is 15.5 Å². The minimum Gasteiger partial charge on any atom is -0.378 e. The van der Waals surface area contributed by atoms with Crippen LogP contribution in [0.3, 0.4) is 0 Å². The first-order valence-corrected chi connectivity index (χ1v) is 8.84. The lowest BCUT2D eigenvalue weighted by Crippen LogP contribution is -2.19. The average molecular weight is 325 g/mol. The molecule has 1 heterocycles. The lowest BCUT2D eigenvalue weighted by Gasteiger charge is -2.17. The molecule has 2 aromatic rings. The van der Waals surface area contributed by atoms with Gasteiger partial charge in [0.05, 0.1) is 0 Å². The molecule has 128 valence electrons. The summed E-state index contributed by atoms with van der Waals surface area (Å²) in [5.41, 5.74) is 2.21. The van der Waals surface area contributed by atoms with E-state index in [2.05, 4.69) is 49.8 Å². The second-order valence-electron chi connectivity index (χ2n) is 6.69. The Labute approximate surface area is 144 Å². The molecule has 1 fully saturated rings. The van der Waals surface area contributed by atoms with Gasteiger partial charge >= 0.3 is 0 Å². The van der Waals surface area contributed by atoms with Gasteiger partial charge in [-0.1, -0.05) is 25.7 Å². The Balaban J connectivity index is 1.64. The Morgan fingerprint density at radius 2 is 1.58 bits per heavy atom. The number of nitrogens with one attached hydrogen (secondary N) is 2. The smallest absolute Gasteiger partial charge is 0.135 e. The maximum atomic E-state index is 4.37. The maximum Gasteiger partial charge on any atom is 0.135 e. The highest BCUT2D eigenvalue weighted by Crippen LogP contribution is 2.23. The van der Waals surface area contributed by atoms with Crippen molar-refractivity contribution >= 4 is 23.0 Å². The number of hydrogen-bond donors (Lipinski definition) is 2. The van der Waals surface area contributed by atoms with Gasteiger partial charge in [0.2, 0.25) is 0 Å². The Kier molecular flexibility index (Phi) is 5.51. The largest absolute Gasteiger partial charge is 0.378 e. The number of hydrogen-bond acceptors (Lipinski definition) is 5. The lowest BCUT2D eigenvalue weighted by molar-refractivity contribution is 0.617. The number of rotatable bonds is 5. The van der Waals surface area contributed by atoms with Crippen LogP contribution >= 0.6 is 0 Å². The van der Waals surface area contributed by atoms with E-state index in [1.165, 1.54) is 44.2 Å². The van der Waals surface area contributed by atoms with E-state index in [0.717, 1.165) is 17.3 Å². The van der Waals surface area contributed by atoms with Crippen molar-refractivity contribution in [1.82, 2.24) is 9.97 Å². The van der Waals surface area contributed by atoms with Crippen molar-refractivity contribution in [3.63, 3.8) is 0 Å². The molecule has 3 rings (SSSR count). The fourth-order valence-electron chi connectivity index (χ4n) is 3.13. The topological polar surface area (TPSA) is 53.1 Å². The molecular formula is C19H27N5. The third-order valence-corrected chi connectivity index (χ3v) is 4.53. The van der Waals surface area contributed by atoms with Gasteiger partial charge in [-0.15, -0.1) is 0 Å². The molecule has 1 aromatic carbocycles. The number of anilines is 4. The number of aromatic nitrogens is 2. The zero-order chi connectivity index (χ0) is 16.8. The van der Waals surface area contributed by atoms with E-state index in [0.29, 0.717) is 6.04 Å². The summed E-state index contributed by atoms with van der Waals surface area (Å²) in [6, 6.07) is 10.8. The molecule has 0 saturated heterocycles. The van der Waals surface area contributed by atoms with Crippen LogP contribution in [0.1, 0.15) is 38.5 Å². The van der Waals surface area contributed by atoms with Crippen molar-refractivity contribution in [3.8, 4) is 0 Å². The summed E-state index contributed by atoms with van der Waals surface area (Å²) in [5, 5.41) is 6.92. The highest BCUT2D eigenvalue weighted by atomic mass is 15.1. The fourth-order valence-corrected chi connectivity index (χ4v) is 3.13. The predicted octanol–water partition coefficient (Wildman–Crippen LogP) is 4.42. The van der Waals surface area contributed by atoms with Crippen molar-refractivity contribution in [3.05, 3.63) is 36.7 Å². The standard InChI is InChI=1S/C19H27N5/c1-24(2)17-11-9-16(10-12-17)23-19-13-18(20-14-21-19)22-15-7-5-3-4-6-8-15/h9-15H,3-8H2,1-2H3,(H2,20,21,22,23). The Hall–Kier alpha value is -2.30. The van der Waals surface area contributed by atoms with Crippen molar-refractivity contribution in [2.45, 2.75) is 44.6 Å². The molecule has 0 unspecified atom stereocenters. The van der Waals surface area contributed by atoms with Gasteiger partial charge in [-0.3, -0.25) is 0 Å². The first kappa shape index (κ1) is 16.6. The second kappa shape index (κ2) is 7.99. The first-order valence-electron chi connectivity index (χ1n) is 8.84. The summed E-state index contributed by atoms with van der Waals surface area (Å²) in [7, 11) is 4.08. The summed E-state index contributed by atoms with van der Waals surface area (Å²) in [5.74, 6) is 1.73. The minimum atomic E-state index is 0.537. The van der Waals surface area contributed by atoms with E-state index in [1.807, 2.05) is 20.2 Å². The van der Waals surface area contributed by atoms with E-state index in [-0.39, 0.29) is 0 Å². The molecule has 0 radical (unpaired) electrons. The van der Waals surface area contributed by atoms with Crippen LogP contribution in [0.15, 0.2) is 36.7 Å². The van der Waals surface area contributed by atoms with Crippen LogP contribution in [-0.4, -0.2) is 30.1 Å². The lowest BCUT2D eigenvalue weighted by atomic mass is 10.1. The number of benzene rings is 1. The van der Waals surface area contributed by atoms with Gasteiger partial charge in [0.15, 0.2) is 0 Å². The SMILES string of the molecule is CN(C)c1ccc(Nc2cc(NC3CCCCCC3)ncn2)cc1. The van der Waals surface area contributed by atoms with Crippen molar-refractivity contribution in [1.29, 1.82) is 0 Å². The molecular weight excluding hydrogens is 298 g/mol. The normalized spacial score (nSPS) is 15.6. The molecule has 24 heavy (non-hydrogen) atoms. The van der Waals surface area contributed by atoms with E-state index in [4.69, 9.17) is 0 Å². The van der Waals surface area contributed by atoms with Crippen LogP contribution in [0.2, 0.25) is 0 Å². The third-order valence-electron chi connectivity index (χ3n) is 4.53. The molecule has 0 amide bonds. The van der Waals surface area contributed by atoms with E-state index < -0.39 is 0 Å². The van der Waals surface area contributed by atoms with Gasteiger partial charge in [-0.25, -0.2) is 9.97 Å². The van der Waals surface area contributed by atoms with Gasteiger partial charge < -0.3 is 15.5 Å². The van der Waals surface area contributed by atoms with E-state index in [9.17, 15) is 0 Å². The summed E-state index contributed by atoms with van der Waals surface area (Å²) >= 11 is 0. The van der Waals surface area contributed by atoms with Gasteiger partial charge in [0, 0.05) is 37.6 Å². The molecule has 1 aliphatic rings. The van der Waals surface area contributed by atoms with E-state index >= 15 is 0 Å². The third kappa shape index (κ3) is 4.60. The average Bonchev–Trinajstić information content (AvgIpc) is 2.84. The predicted molar refractivity (Wildman–Crippen MR) is 101 cm³/mol. The molecule has 0 aliphatic heterocycles. The second-order valence-corrected chi connectivity index (χ2v) is 6.69. The molecule has 5 nitrogen and oxygen atoms in total. The van der Waals surface area contributed by atoms with Crippen LogP contribution in [0.4, 0.5) is 23.0 Å². The Bertz CT molecular complexity index is 630. The van der Waals surface area contributed by atoms with E-state index in [1.54, 1.807) is 6.33 Å². The highest BCUT2D eigenvalue weighted by molar-refractivity contribution is 5.62. The Morgan fingerprint density at radius 3 is 2.25 bits per heavy atom. The first-order chi connectivity index (χ1) is 11.7. The minimum absolute atomic E-state index is 0.537. The molecule has 1 aromatic heterocycles. The highest BCUT2D eigenvalue weighted by Gasteiger charge is 2.12. The summed E-state index contributed by atoms with van der Waals surface area (Å²) < 4.78 is 0. The maximum absolute atomic E-state index is 4.37. The van der Waals surface area contributed by atoms with Crippen molar-refractivity contribution in [2.75, 3.05) is 29.6 Å². The molecule has 5 heteroatoms. The molecule has 1 saturated carbocycles. The monoisotopic (exact) mass is 325 g/mol. The molecule has 1 aliphatic carbocycles. The van der Waals surface area contributed by atoms with Crippen molar-refractivity contribution < 1.29 is 0 Å².